The van der Waals surface area contributed by atoms with Crippen molar-refractivity contribution in [3.8, 4) is 0 Å². The van der Waals surface area contributed by atoms with Crippen LogP contribution in [0.1, 0.15) is 54.4 Å². The second-order valence-electron chi connectivity index (χ2n) is 8.91. The van der Waals surface area contributed by atoms with E-state index < -0.39 is 23.0 Å². The Morgan fingerprint density at radius 1 is 1.06 bits per heavy atom. The summed E-state index contributed by atoms with van der Waals surface area (Å²) in [5.74, 6) is -1.60. The highest BCUT2D eigenvalue weighted by Crippen LogP contribution is 2.49. The van der Waals surface area contributed by atoms with Gasteiger partial charge >= 0.3 is 0 Å². The van der Waals surface area contributed by atoms with Gasteiger partial charge in [0.2, 0.25) is 11.8 Å². The van der Waals surface area contributed by atoms with Gasteiger partial charge < -0.3 is 16.0 Å². The Labute approximate surface area is 178 Å². The number of hydrogen-bond donors (Lipinski definition) is 2. The van der Waals surface area contributed by atoms with Gasteiger partial charge in [0.1, 0.15) is 5.82 Å². The normalized spacial score (nSPS) is 25.9. The molecule has 2 amide bonds. The maximum atomic E-state index is 13.7. The molecule has 0 spiro atoms. The fourth-order valence-electron chi connectivity index (χ4n) is 5.24. The maximum Gasteiger partial charge on any atom is 0.250 e. The first-order valence-electron chi connectivity index (χ1n) is 10.7. The molecule has 3 fully saturated rings. The van der Waals surface area contributed by atoms with Gasteiger partial charge in [0, 0.05) is 24.3 Å². The fourth-order valence-corrected chi connectivity index (χ4v) is 5.24. The number of primary amides is 1. The number of fused-ring (bicyclic) bond motifs is 2. The van der Waals surface area contributed by atoms with Crippen LogP contribution in [0, 0.1) is 11.6 Å². The number of rotatable bonds is 5. The standard InChI is InChI=1S/C23H24F2N4O2/c24-18-5-2-14(9-19(18)25)23(7-8-23)22(31)28-15-10-16-3-4-17(11-15)29(16)20-6-1-13(12-27-20)21(26)30/h1-2,5-6,9,12,15-17H,3-4,7-8,10-11H2,(H2,26,30)(H,28,31)/t15-,16+,17-. The summed E-state index contributed by atoms with van der Waals surface area (Å²) in [5.41, 5.74) is 5.48. The van der Waals surface area contributed by atoms with Gasteiger partial charge in [0.15, 0.2) is 11.6 Å². The molecule has 5 rings (SSSR count). The lowest BCUT2D eigenvalue weighted by Crippen LogP contribution is -2.52. The average molecular weight is 426 g/mol. The molecular formula is C23H24F2N4O2. The third-order valence-electron chi connectivity index (χ3n) is 7.02. The summed E-state index contributed by atoms with van der Waals surface area (Å²) in [5, 5.41) is 3.19. The van der Waals surface area contributed by atoms with Crippen LogP contribution in [0.3, 0.4) is 0 Å². The number of hydrogen-bond acceptors (Lipinski definition) is 4. The summed E-state index contributed by atoms with van der Waals surface area (Å²) < 4.78 is 27.0. The Kier molecular flexibility index (Phi) is 4.68. The number of carbonyl (C=O) groups excluding carboxylic acids is 2. The molecule has 3 heterocycles. The van der Waals surface area contributed by atoms with E-state index in [0.29, 0.717) is 24.0 Å². The van der Waals surface area contributed by atoms with E-state index in [4.69, 9.17) is 5.73 Å². The minimum atomic E-state index is -0.919. The second-order valence-corrected chi connectivity index (χ2v) is 8.91. The molecule has 1 aromatic heterocycles. The minimum absolute atomic E-state index is 0.0360. The monoisotopic (exact) mass is 426 g/mol. The number of nitrogens with zero attached hydrogens (tertiary/aromatic N) is 2. The quantitative estimate of drug-likeness (QED) is 0.770. The Bertz CT molecular complexity index is 1020. The summed E-state index contributed by atoms with van der Waals surface area (Å²) in [6.45, 7) is 0. The van der Waals surface area contributed by atoms with E-state index >= 15 is 0 Å². The molecule has 162 valence electrons. The number of halogens is 2. The van der Waals surface area contributed by atoms with Gasteiger partial charge in [0.25, 0.3) is 0 Å². The highest BCUT2D eigenvalue weighted by molar-refractivity contribution is 5.92. The SMILES string of the molecule is NC(=O)c1ccc(N2[C@@H]3CC[C@H]2C[C@@H](NC(=O)C2(c4ccc(F)c(F)c4)CC2)C3)nc1. The number of anilines is 1. The fraction of sp³-hybridized carbons (Fsp3) is 0.435. The molecule has 2 saturated heterocycles. The highest BCUT2D eigenvalue weighted by atomic mass is 19.2. The minimum Gasteiger partial charge on any atom is -0.366 e. The van der Waals surface area contributed by atoms with Gasteiger partial charge in [-0.3, -0.25) is 9.59 Å². The predicted octanol–water partition coefficient (Wildman–Crippen LogP) is 2.81. The number of carbonyl (C=O) groups is 2. The number of aromatic nitrogens is 1. The lowest BCUT2D eigenvalue weighted by molar-refractivity contribution is -0.124. The third kappa shape index (κ3) is 3.43. The zero-order chi connectivity index (χ0) is 21.8. The van der Waals surface area contributed by atoms with Crippen LogP contribution >= 0.6 is 0 Å². The molecule has 0 radical (unpaired) electrons. The van der Waals surface area contributed by atoms with E-state index in [9.17, 15) is 18.4 Å². The first-order valence-corrected chi connectivity index (χ1v) is 10.7. The molecule has 1 saturated carbocycles. The number of pyridine rings is 1. The van der Waals surface area contributed by atoms with E-state index in [2.05, 4.69) is 15.2 Å². The van der Waals surface area contributed by atoms with E-state index in [-0.39, 0.29) is 24.0 Å². The molecule has 3 N–H and O–H groups in total. The Morgan fingerprint density at radius 3 is 2.32 bits per heavy atom. The van der Waals surface area contributed by atoms with Gasteiger partial charge in [-0.25, -0.2) is 13.8 Å². The smallest absolute Gasteiger partial charge is 0.250 e. The molecule has 2 aromatic rings. The van der Waals surface area contributed by atoms with Crippen molar-refractivity contribution in [2.45, 2.75) is 62.1 Å². The molecule has 0 unspecified atom stereocenters. The highest BCUT2D eigenvalue weighted by Gasteiger charge is 2.52. The molecular weight excluding hydrogens is 402 g/mol. The Hall–Kier alpha value is -3.03. The van der Waals surface area contributed by atoms with Crippen LogP contribution in [-0.4, -0.2) is 34.9 Å². The van der Waals surface area contributed by atoms with E-state index in [1.165, 1.54) is 12.3 Å². The molecule has 1 aliphatic carbocycles. The third-order valence-corrected chi connectivity index (χ3v) is 7.02. The van der Waals surface area contributed by atoms with E-state index in [1.807, 2.05) is 6.07 Å². The van der Waals surface area contributed by atoms with Crippen molar-refractivity contribution in [2.75, 3.05) is 4.90 Å². The first-order chi connectivity index (χ1) is 14.9. The molecule has 2 bridgehead atoms. The summed E-state index contributed by atoms with van der Waals surface area (Å²) in [4.78, 5) is 31.1. The van der Waals surface area contributed by atoms with Gasteiger partial charge in [-0.05, 0) is 68.4 Å². The average Bonchev–Trinajstić information content (AvgIpc) is 3.51. The van der Waals surface area contributed by atoms with Crippen molar-refractivity contribution in [3.05, 3.63) is 59.3 Å². The zero-order valence-electron chi connectivity index (χ0n) is 17.0. The predicted molar refractivity (Wildman–Crippen MR) is 110 cm³/mol. The zero-order valence-corrected chi connectivity index (χ0v) is 17.0. The summed E-state index contributed by atoms with van der Waals surface area (Å²) >= 11 is 0. The largest absolute Gasteiger partial charge is 0.366 e. The van der Waals surface area contributed by atoms with Crippen LogP contribution in [0.25, 0.3) is 0 Å². The van der Waals surface area contributed by atoms with Crippen LogP contribution in [-0.2, 0) is 10.2 Å². The van der Waals surface area contributed by atoms with Crippen LogP contribution in [0.5, 0.6) is 0 Å². The molecule has 2 aliphatic heterocycles. The molecule has 6 nitrogen and oxygen atoms in total. The molecule has 1 aromatic carbocycles. The second kappa shape index (κ2) is 7.28. The number of benzene rings is 1. The van der Waals surface area contributed by atoms with Gasteiger partial charge in [-0.15, -0.1) is 0 Å². The Balaban J connectivity index is 1.27. The number of nitrogens with one attached hydrogen (secondary N) is 1. The van der Waals surface area contributed by atoms with Crippen molar-refractivity contribution in [1.29, 1.82) is 0 Å². The van der Waals surface area contributed by atoms with Crippen molar-refractivity contribution in [1.82, 2.24) is 10.3 Å². The first kappa shape index (κ1) is 19.9. The maximum absolute atomic E-state index is 13.7. The number of nitrogens with two attached hydrogens (primary N) is 1. The van der Waals surface area contributed by atoms with Crippen molar-refractivity contribution in [3.63, 3.8) is 0 Å². The summed E-state index contributed by atoms with van der Waals surface area (Å²) in [6, 6.07) is 7.82. The van der Waals surface area contributed by atoms with Crippen LogP contribution in [0.2, 0.25) is 0 Å². The van der Waals surface area contributed by atoms with Crippen molar-refractivity contribution < 1.29 is 18.4 Å². The summed E-state index contributed by atoms with van der Waals surface area (Å²) in [7, 11) is 0. The van der Waals surface area contributed by atoms with Crippen LogP contribution in [0.15, 0.2) is 36.5 Å². The van der Waals surface area contributed by atoms with Gasteiger partial charge in [-0.2, -0.15) is 0 Å². The van der Waals surface area contributed by atoms with E-state index in [1.54, 1.807) is 6.07 Å². The van der Waals surface area contributed by atoms with Crippen molar-refractivity contribution in [2.24, 2.45) is 5.73 Å². The lowest BCUT2D eigenvalue weighted by Gasteiger charge is -2.40. The topological polar surface area (TPSA) is 88.3 Å². The van der Waals surface area contributed by atoms with Crippen LogP contribution in [0.4, 0.5) is 14.6 Å². The molecule has 3 atom stereocenters. The van der Waals surface area contributed by atoms with Gasteiger partial charge in [0.05, 0.1) is 11.0 Å². The number of piperidine rings is 1. The molecule has 31 heavy (non-hydrogen) atoms. The van der Waals surface area contributed by atoms with Crippen molar-refractivity contribution >= 4 is 17.6 Å². The molecule has 8 heteroatoms. The number of amides is 2. The summed E-state index contributed by atoms with van der Waals surface area (Å²) in [6.07, 6.45) is 6.43. The van der Waals surface area contributed by atoms with Crippen LogP contribution < -0.4 is 16.0 Å². The Morgan fingerprint density at radius 2 is 1.77 bits per heavy atom. The lowest BCUT2D eigenvalue weighted by atomic mass is 9.92. The van der Waals surface area contributed by atoms with E-state index in [0.717, 1.165) is 43.6 Å². The molecule has 3 aliphatic rings. The van der Waals surface area contributed by atoms with Gasteiger partial charge in [-0.1, -0.05) is 6.07 Å².